The molecule has 1 atom stereocenters. The van der Waals surface area contributed by atoms with E-state index in [9.17, 15) is 28.1 Å². The zero-order valence-corrected chi connectivity index (χ0v) is 20.1. The molecule has 180 valence electrons. The van der Waals surface area contributed by atoms with Crippen LogP contribution in [0.3, 0.4) is 0 Å². The second-order valence-corrected chi connectivity index (χ2v) is 9.83. The van der Waals surface area contributed by atoms with Gasteiger partial charge in [0.25, 0.3) is 5.69 Å². The highest BCUT2D eigenvalue weighted by Crippen LogP contribution is 2.40. The molecular weight excluding hydrogens is 450 g/mol. The van der Waals surface area contributed by atoms with E-state index in [1.165, 1.54) is 18.2 Å². The summed E-state index contributed by atoms with van der Waals surface area (Å²) in [6, 6.07) is 5.18. The molecule has 0 amide bonds. The van der Waals surface area contributed by atoms with E-state index in [1.807, 2.05) is 6.92 Å². The summed E-state index contributed by atoms with van der Waals surface area (Å²) in [5, 5.41) is 14.3. The fourth-order valence-corrected chi connectivity index (χ4v) is 5.01. The molecule has 1 unspecified atom stereocenters. The standard InChI is InChI=1S/C22H29N3O7S/c1-6-10-32-22(27)20-15(5)23-14(4)19(18(26)12-33(30,31)24-13(2)3)21(20)16-8-7-9-17(11-16)25(28)29/h7-9,11,13,21,23-24H,6,10,12H2,1-5H3. The Morgan fingerprint density at radius 2 is 1.85 bits per heavy atom. The highest BCUT2D eigenvalue weighted by molar-refractivity contribution is 7.90. The van der Waals surface area contributed by atoms with E-state index in [1.54, 1.807) is 33.8 Å². The van der Waals surface area contributed by atoms with Gasteiger partial charge in [-0.3, -0.25) is 14.9 Å². The van der Waals surface area contributed by atoms with E-state index in [0.29, 0.717) is 23.4 Å². The van der Waals surface area contributed by atoms with E-state index in [0.717, 1.165) is 0 Å². The van der Waals surface area contributed by atoms with Crippen LogP contribution in [0, 0.1) is 10.1 Å². The van der Waals surface area contributed by atoms with Gasteiger partial charge >= 0.3 is 5.97 Å². The van der Waals surface area contributed by atoms with Gasteiger partial charge < -0.3 is 10.1 Å². The number of nitro groups is 1. The Morgan fingerprint density at radius 3 is 2.42 bits per heavy atom. The number of sulfonamides is 1. The maximum atomic E-state index is 13.3. The molecule has 0 aliphatic carbocycles. The van der Waals surface area contributed by atoms with Crippen molar-refractivity contribution < 1.29 is 27.7 Å². The van der Waals surface area contributed by atoms with Crippen molar-refractivity contribution in [2.45, 2.75) is 53.0 Å². The van der Waals surface area contributed by atoms with Crippen LogP contribution in [-0.2, 0) is 24.3 Å². The van der Waals surface area contributed by atoms with Crippen molar-refractivity contribution in [1.82, 2.24) is 10.0 Å². The minimum absolute atomic E-state index is 0.0404. The topological polar surface area (TPSA) is 145 Å². The van der Waals surface area contributed by atoms with Crippen LogP contribution in [0.25, 0.3) is 0 Å². The number of rotatable bonds is 10. The van der Waals surface area contributed by atoms with Crippen LogP contribution >= 0.6 is 0 Å². The first-order chi connectivity index (χ1) is 15.4. The predicted molar refractivity (Wildman–Crippen MR) is 123 cm³/mol. The van der Waals surface area contributed by atoms with Gasteiger partial charge in [0.15, 0.2) is 5.78 Å². The lowest BCUT2D eigenvalue weighted by molar-refractivity contribution is -0.384. The van der Waals surface area contributed by atoms with Gasteiger partial charge in [-0.1, -0.05) is 19.1 Å². The molecule has 0 fully saturated rings. The van der Waals surface area contributed by atoms with Crippen molar-refractivity contribution in [1.29, 1.82) is 0 Å². The van der Waals surface area contributed by atoms with Crippen molar-refractivity contribution >= 4 is 27.5 Å². The number of nitro benzene ring substituents is 1. The fraction of sp³-hybridized carbons (Fsp3) is 0.455. The van der Waals surface area contributed by atoms with Crippen LogP contribution in [0.5, 0.6) is 0 Å². The molecule has 1 heterocycles. The Balaban J connectivity index is 2.64. The number of carbonyl (C=O) groups excluding carboxylic acids is 2. The minimum atomic E-state index is -3.95. The monoisotopic (exact) mass is 479 g/mol. The summed E-state index contributed by atoms with van der Waals surface area (Å²) in [6.07, 6.45) is 0.576. The van der Waals surface area contributed by atoms with Crippen LogP contribution in [0.15, 0.2) is 46.8 Å². The molecular formula is C22H29N3O7S. The van der Waals surface area contributed by atoms with Crippen LogP contribution in [0.1, 0.15) is 52.5 Å². The van der Waals surface area contributed by atoms with Crippen molar-refractivity contribution in [3.63, 3.8) is 0 Å². The Bertz CT molecular complexity index is 1120. The van der Waals surface area contributed by atoms with Gasteiger partial charge in [-0.05, 0) is 39.7 Å². The number of hydrogen-bond donors (Lipinski definition) is 2. The zero-order valence-electron chi connectivity index (χ0n) is 19.3. The quantitative estimate of drug-likeness (QED) is 0.296. The van der Waals surface area contributed by atoms with Crippen molar-refractivity contribution in [3.8, 4) is 0 Å². The molecule has 1 aromatic carbocycles. The van der Waals surface area contributed by atoms with E-state index in [-0.39, 0.29) is 23.4 Å². The van der Waals surface area contributed by atoms with Crippen molar-refractivity contribution in [2.75, 3.05) is 12.4 Å². The number of nitrogens with one attached hydrogen (secondary N) is 2. The number of benzene rings is 1. The highest BCUT2D eigenvalue weighted by Gasteiger charge is 2.38. The van der Waals surface area contributed by atoms with E-state index >= 15 is 0 Å². The molecule has 0 saturated carbocycles. The molecule has 0 aromatic heterocycles. The summed E-state index contributed by atoms with van der Waals surface area (Å²) in [7, 11) is -3.95. The zero-order chi connectivity index (χ0) is 24.9. The number of non-ortho nitro benzene ring substituents is 1. The third-order valence-electron chi connectivity index (χ3n) is 4.87. The molecule has 10 nitrogen and oxygen atoms in total. The Labute approximate surface area is 193 Å². The van der Waals surface area contributed by atoms with Gasteiger partial charge in [0.1, 0.15) is 5.75 Å². The summed E-state index contributed by atoms with van der Waals surface area (Å²) in [6.45, 7) is 8.47. The highest BCUT2D eigenvalue weighted by atomic mass is 32.2. The first-order valence-corrected chi connectivity index (χ1v) is 12.2. The SMILES string of the molecule is CCCOC(=O)C1=C(C)NC(C)=C(C(=O)CS(=O)(=O)NC(C)C)C1c1cccc([N+](=O)[O-])c1. The number of esters is 1. The molecule has 1 aliphatic heterocycles. The number of dihydropyridines is 1. The summed E-state index contributed by atoms with van der Waals surface area (Å²) < 4.78 is 32.6. The number of allylic oxidation sites excluding steroid dienone is 3. The normalized spacial score (nSPS) is 16.6. The smallest absolute Gasteiger partial charge is 0.336 e. The Morgan fingerprint density at radius 1 is 1.21 bits per heavy atom. The number of Topliss-reactive ketones (excluding diaryl/α,β-unsaturated/α-hetero) is 1. The molecule has 1 aromatic rings. The van der Waals surface area contributed by atoms with Crippen molar-refractivity contribution in [3.05, 3.63) is 62.5 Å². The number of ether oxygens (including phenoxy) is 1. The summed E-state index contributed by atoms with van der Waals surface area (Å²) >= 11 is 0. The van der Waals surface area contributed by atoms with Crippen LogP contribution in [-0.4, -0.2) is 43.5 Å². The summed E-state index contributed by atoms with van der Waals surface area (Å²) in [5.41, 5.74) is 1.02. The first-order valence-electron chi connectivity index (χ1n) is 10.5. The van der Waals surface area contributed by atoms with Crippen LogP contribution < -0.4 is 10.0 Å². The van der Waals surface area contributed by atoms with Crippen molar-refractivity contribution in [2.24, 2.45) is 0 Å². The second kappa shape index (κ2) is 10.7. The summed E-state index contributed by atoms with van der Waals surface area (Å²) in [5.74, 6) is -3.27. The van der Waals surface area contributed by atoms with Gasteiger partial charge in [-0.25, -0.2) is 17.9 Å². The average Bonchev–Trinajstić information content (AvgIpc) is 2.69. The summed E-state index contributed by atoms with van der Waals surface area (Å²) in [4.78, 5) is 37.0. The number of nitrogens with zero attached hydrogens (tertiary/aromatic N) is 1. The molecule has 11 heteroatoms. The Hall–Kier alpha value is -3.05. The molecule has 2 rings (SSSR count). The predicted octanol–water partition coefficient (Wildman–Crippen LogP) is 2.68. The number of ketones is 1. The second-order valence-electron chi connectivity index (χ2n) is 8.08. The van der Waals surface area contributed by atoms with Gasteiger partial charge in [-0.2, -0.15) is 0 Å². The van der Waals surface area contributed by atoms with Crippen LogP contribution in [0.2, 0.25) is 0 Å². The molecule has 0 spiro atoms. The number of carbonyl (C=O) groups is 2. The average molecular weight is 480 g/mol. The van der Waals surface area contributed by atoms with Gasteiger partial charge in [0, 0.05) is 41.1 Å². The third-order valence-corrected chi connectivity index (χ3v) is 6.34. The third kappa shape index (κ3) is 6.48. The van der Waals surface area contributed by atoms with E-state index in [2.05, 4.69) is 10.0 Å². The molecule has 0 radical (unpaired) electrons. The maximum Gasteiger partial charge on any atom is 0.336 e. The first kappa shape index (κ1) is 26.2. The van der Waals surface area contributed by atoms with Gasteiger partial charge in [0.05, 0.1) is 17.1 Å². The van der Waals surface area contributed by atoms with Crippen LogP contribution in [0.4, 0.5) is 5.69 Å². The van der Waals surface area contributed by atoms with E-state index < -0.39 is 44.4 Å². The Kier molecular flexibility index (Phi) is 8.51. The lowest BCUT2D eigenvalue weighted by Gasteiger charge is -2.31. The minimum Gasteiger partial charge on any atom is -0.462 e. The lowest BCUT2D eigenvalue weighted by atomic mass is 9.79. The van der Waals surface area contributed by atoms with E-state index in [4.69, 9.17) is 4.74 Å². The fourth-order valence-electron chi connectivity index (χ4n) is 3.71. The molecule has 2 N–H and O–H groups in total. The molecule has 33 heavy (non-hydrogen) atoms. The van der Waals surface area contributed by atoms with Gasteiger partial charge in [0.2, 0.25) is 10.0 Å². The largest absolute Gasteiger partial charge is 0.462 e. The lowest BCUT2D eigenvalue weighted by Crippen LogP contribution is -2.38. The maximum absolute atomic E-state index is 13.3. The van der Waals surface area contributed by atoms with Gasteiger partial charge in [-0.15, -0.1) is 0 Å². The molecule has 0 saturated heterocycles. The number of hydrogen-bond acceptors (Lipinski definition) is 8. The molecule has 0 bridgehead atoms. The molecule has 1 aliphatic rings.